The SMILES string of the molecule is O=C(O)[C@@H]1C[C@H](Oc2nc3ccccc3n2[C@H]2CCOC[C@@H]2F)CN1c1nc(C(F)F)nc2c1oc1ccccc12. The Morgan fingerprint density at radius 2 is 1.90 bits per heavy atom. The number of hydrogen-bond donors (Lipinski definition) is 1. The van der Waals surface area contributed by atoms with Crippen LogP contribution in [0, 0.1) is 0 Å². The molecule has 2 aliphatic rings. The number of rotatable bonds is 6. The van der Waals surface area contributed by atoms with Crippen LogP contribution in [0.3, 0.4) is 0 Å². The summed E-state index contributed by atoms with van der Waals surface area (Å²) in [6, 6.07) is 12.5. The van der Waals surface area contributed by atoms with Gasteiger partial charge in [0.1, 0.15) is 29.4 Å². The first-order valence-corrected chi connectivity index (χ1v) is 13.2. The van der Waals surface area contributed by atoms with Crippen LogP contribution in [0.2, 0.25) is 0 Å². The van der Waals surface area contributed by atoms with Crippen molar-refractivity contribution in [3.05, 3.63) is 54.4 Å². The van der Waals surface area contributed by atoms with E-state index in [1.165, 1.54) is 4.90 Å². The van der Waals surface area contributed by atoms with Gasteiger partial charge in [0.25, 0.3) is 12.4 Å². The first-order valence-electron chi connectivity index (χ1n) is 13.2. The van der Waals surface area contributed by atoms with Crippen molar-refractivity contribution in [2.75, 3.05) is 24.7 Å². The number of aliphatic carboxylic acids is 1. The van der Waals surface area contributed by atoms with Crippen LogP contribution in [0.5, 0.6) is 6.01 Å². The number of fused-ring (bicyclic) bond motifs is 4. The number of carbonyl (C=O) groups is 1. The maximum Gasteiger partial charge on any atom is 0.326 e. The van der Waals surface area contributed by atoms with Gasteiger partial charge in [-0.3, -0.25) is 4.57 Å². The smallest absolute Gasteiger partial charge is 0.326 e. The van der Waals surface area contributed by atoms with Gasteiger partial charge in [0.2, 0.25) is 0 Å². The molecular formula is C28H24F3N5O5. The number of imidazole rings is 1. The Morgan fingerprint density at radius 1 is 1.10 bits per heavy atom. The first kappa shape index (κ1) is 25.6. The van der Waals surface area contributed by atoms with Gasteiger partial charge in [-0.05, 0) is 30.7 Å². The van der Waals surface area contributed by atoms with E-state index >= 15 is 4.39 Å². The van der Waals surface area contributed by atoms with Gasteiger partial charge in [0, 0.05) is 18.4 Å². The van der Waals surface area contributed by atoms with E-state index in [1.54, 1.807) is 34.9 Å². The van der Waals surface area contributed by atoms with Crippen LogP contribution >= 0.6 is 0 Å². The minimum absolute atomic E-state index is 0.00110. The fourth-order valence-corrected chi connectivity index (χ4v) is 5.79. The number of aromatic nitrogens is 4. The molecule has 10 nitrogen and oxygen atoms in total. The predicted octanol–water partition coefficient (Wildman–Crippen LogP) is 5.07. The lowest BCUT2D eigenvalue weighted by molar-refractivity contribution is -0.138. The van der Waals surface area contributed by atoms with Gasteiger partial charge >= 0.3 is 5.97 Å². The van der Waals surface area contributed by atoms with Crippen molar-refractivity contribution in [3.8, 4) is 6.01 Å². The average molecular weight is 568 g/mol. The maximum absolute atomic E-state index is 15.0. The fraction of sp³-hybridized carbons (Fsp3) is 0.357. The predicted molar refractivity (Wildman–Crippen MR) is 141 cm³/mol. The van der Waals surface area contributed by atoms with Crippen molar-refractivity contribution in [3.63, 3.8) is 0 Å². The number of alkyl halides is 3. The summed E-state index contributed by atoms with van der Waals surface area (Å²) in [4.78, 5) is 26.5. The molecule has 0 spiro atoms. The molecule has 5 heterocycles. The molecule has 0 bridgehead atoms. The van der Waals surface area contributed by atoms with E-state index in [1.807, 2.05) is 18.2 Å². The monoisotopic (exact) mass is 567 g/mol. The second kappa shape index (κ2) is 9.91. The highest BCUT2D eigenvalue weighted by molar-refractivity contribution is 6.06. The molecule has 2 aromatic carbocycles. The lowest BCUT2D eigenvalue weighted by atomic mass is 10.1. The summed E-state index contributed by atoms with van der Waals surface area (Å²) in [7, 11) is 0. The van der Waals surface area contributed by atoms with Gasteiger partial charge in [-0.15, -0.1) is 0 Å². The van der Waals surface area contributed by atoms with Crippen LogP contribution < -0.4 is 9.64 Å². The topological polar surface area (TPSA) is 116 Å². The van der Waals surface area contributed by atoms with E-state index in [-0.39, 0.29) is 42.5 Å². The molecule has 13 heteroatoms. The molecule has 0 unspecified atom stereocenters. The van der Waals surface area contributed by atoms with Crippen molar-refractivity contribution >= 4 is 44.9 Å². The van der Waals surface area contributed by atoms with Crippen molar-refractivity contribution in [1.82, 2.24) is 19.5 Å². The lowest BCUT2D eigenvalue weighted by Crippen LogP contribution is -2.37. The number of hydrogen-bond acceptors (Lipinski definition) is 8. The Morgan fingerprint density at radius 3 is 2.71 bits per heavy atom. The van der Waals surface area contributed by atoms with Gasteiger partial charge < -0.3 is 23.9 Å². The highest BCUT2D eigenvalue weighted by atomic mass is 19.3. The standard InChI is InChI=1S/C28H24F3N5O5/c29-16-13-39-10-9-18(16)36-19-7-3-2-6-17(19)32-28(36)40-14-11-20(27(37)38)35(12-14)26-23-22(33-25(34-26)24(30)31)15-5-1-4-8-21(15)41-23/h1-8,14,16,18,20,24H,9-13H2,(H,37,38)/t14-,16-,18-,20-/m0/s1. The summed E-state index contributed by atoms with van der Waals surface area (Å²) in [6.45, 7) is 0.310. The highest BCUT2D eigenvalue weighted by Gasteiger charge is 2.42. The Hall–Kier alpha value is -4.39. The first-order chi connectivity index (χ1) is 19.9. The van der Waals surface area contributed by atoms with Crippen molar-refractivity contribution in [2.24, 2.45) is 0 Å². The van der Waals surface area contributed by atoms with Gasteiger partial charge in [-0.1, -0.05) is 24.3 Å². The molecule has 4 atom stereocenters. The van der Waals surface area contributed by atoms with Crippen LogP contribution in [0.25, 0.3) is 33.1 Å². The zero-order valence-corrected chi connectivity index (χ0v) is 21.5. The average Bonchev–Trinajstić information content (AvgIpc) is 3.66. The van der Waals surface area contributed by atoms with E-state index in [0.717, 1.165) is 0 Å². The van der Waals surface area contributed by atoms with E-state index in [4.69, 9.17) is 13.9 Å². The van der Waals surface area contributed by atoms with E-state index in [0.29, 0.717) is 35.0 Å². The minimum atomic E-state index is -2.99. The Kier molecular flexibility index (Phi) is 6.18. The number of anilines is 1. The number of nitrogens with zero attached hydrogens (tertiary/aromatic N) is 5. The second-order valence-electron chi connectivity index (χ2n) is 10.2. The molecular weight excluding hydrogens is 543 g/mol. The van der Waals surface area contributed by atoms with Gasteiger partial charge in [-0.2, -0.15) is 4.98 Å². The maximum atomic E-state index is 15.0. The van der Waals surface area contributed by atoms with Crippen LogP contribution in [-0.4, -0.2) is 68.7 Å². The number of furan rings is 1. The molecule has 212 valence electrons. The number of benzene rings is 2. The highest BCUT2D eigenvalue weighted by Crippen LogP contribution is 2.39. The molecule has 41 heavy (non-hydrogen) atoms. The number of halogens is 3. The summed E-state index contributed by atoms with van der Waals surface area (Å²) in [5.41, 5.74) is 1.98. The van der Waals surface area contributed by atoms with Gasteiger partial charge in [0.15, 0.2) is 17.2 Å². The number of para-hydroxylation sites is 3. The molecule has 3 aromatic heterocycles. The van der Waals surface area contributed by atoms with E-state index < -0.39 is 42.6 Å². The van der Waals surface area contributed by atoms with Crippen molar-refractivity contribution in [2.45, 2.75) is 43.6 Å². The molecule has 0 amide bonds. The third-order valence-corrected chi connectivity index (χ3v) is 7.65. The third kappa shape index (κ3) is 4.31. The number of carboxylic acids is 1. The fourth-order valence-electron chi connectivity index (χ4n) is 5.79. The molecule has 5 aromatic rings. The van der Waals surface area contributed by atoms with E-state index in [2.05, 4.69) is 15.0 Å². The normalized spacial score (nSPS) is 23.3. The molecule has 2 aliphatic heterocycles. The summed E-state index contributed by atoms with van der Waals surface area (Å²) < 4.78 is 62.0. The molecule has 7 rings (SSSR count). The molecule has 2 saturated heterocycles. The summed E-state index contributed by atoms with van der Waals surface area (Å²) in [5, 5.41) is 10.6. The van der Waals surface area contributed by atoms with Crippen LogP contribution in [0.15, 0.2) is 52.9 Å². The zero-order chi connectivity index (χ0) is 28.2. The molecule has 0 saturated carbocycles. The lowest BCUT2D eigenvalue weighted by Gasteiger charge is -2.29. The zero-order valence-electron chi connectivity index (χ0n) is 21.5. The summed E-state index contributed by atoms with van der Waals surface area (Å²) in [6.07, 6.45) is -4.59. The molecule has 0 radical (unpaired) electrons. The Labute approximate surface area is 230 Å². The molecule has 1 N–H and O–H groups in total. The van der Waals surface area contributed by atoms with Crippen molar-refractivity contribution < 1.29 is 37.0 Å². The second-order valence-corrected chi connectivity index (χ2v) is 10.2. The molecule has 2 fully saturated rings. The quantitative estimate of drug-likeness (QED) is 0.300. The largest absolute Gasteiger partial charge is 0.480 e. The van der Waals surface area contributed by atoms with E-state index in [9.17, 15) is 18.7 Å². The van der Waals surface area contributed by atoms with Crippen LogP contribution in [0.4, 0.5) is 19.0 Å². The Bertz CT molecular complexity index is 1770. The van der Waals surface area contributed by atoms with Crippen LogP contribution in [-0.2, 0) is 9.53 Å². The van der Waals surface area contributed by atoms with Crippen LogP contribution in [0.1, 0.15) is 31.1 Å². The van der Waals surface area contributed by atoms with Gasteiger partial charge in [0.05, 0.1) is 30.2 Å². The number of ether oxygens (including phenoxy) is 2. The summed E-state index contributed by atoms with van der Waals surface area (Å²) >= 11 is 0. The van der Waals surface area contributed by atoms with Gasteiger partial charge in [-0.25, -0.2) is 27.9 Å². The van der Waals surface area contributed by atoms with Crippen molar-refractivity contribution in [1.29, 1.82) is 0 Å². The minimum Gasteiger partial charge on any atom is -0.480 e. The number of carboxylic acid groups (broad SMARTS) is 1. The summed E-state index contributed by atoms with van der Waals surface area (Å²) in [5.74, 6) is -1.97. The Balaban J connectivity index is 1.29. The third-order valence-electron chi connectivity index (χ3n) is 7.65. The molecule has 0 aliphatic carbocycles.